The monoisotopic (exact) mass is 714 g/mol. The quantitative estimate of drug-likeness (QED) is 0.215. The van der Waals surface area contributed by atoms with Crippen molar-refractivity contribution in [2.75, 3.05) is 13.1 Å². The molecule has 3 aromatic carbocycles. The van der Waals surface area contributed by atoms with Crippen LogP contribution in [0.3, 0.4) is 0 Å². The van der Waals surface area contributed by atoms with Crippen molar-refractivity contribution < 1.29 is 53.1 Å². The Kier molecular flexibility index (Phi) is 8.19. The molecule has 2 amide bonds. The molecule has 262 valence electrons. The number of unbranched alkanes of at least 4 members (excludes halogenated alkanes) is 1. The highest BCUT2D eigenvalue weighted by Crippen LogP contribution is 2.58. The molecular formula is C34H30F8N2O4S. The molecule has 15 heteroatoms. The fourth-order valence-corrected chi connectivity index (χ4v) is 10.2. The lowest BCUT2D eigenvalue weighted by Gasteiger charge is -2.42. The van der Waals surface area contributed by atoms with Crippen molar-refractivity contribution in [1.82, 2.24) is 10.2 Å². The number of carbonyl (C=O) groups is 2. The van der Waals surface area contributed by atoms with E-state index in [1.165, 1.54) is 4.90 Å². The van der Waals surface area contributed by atoms with Crippen molar-refractivity contribution in [3.63, 3.8) is 0 Å². The van der Waals surface area contributed by atoms with E-state index in [-0.39, 0.29) is 53.6 Å². The first-order valence-electron chi connectivity index (χ1n) is 15.5. The second-order valence-electron chi connectivity index (χ2n) is 12.8. The Labute approximate surface area is 276 Å². The Balaban J connectivity index is 1.54. The molecule has 3 aliphatic rings. The van der Waals surface area contributed by atoms with Crippen LogP contribution < -0.4 is 5.32 Å². The van der Waals surface area contributed by atoms with Gasteiger partial charge in [-0.2, -0.15) is 26.3 Å². The van der Waals surface area contributed by atoms with E-state index < -0.39 is 73.7 Å². The van der Waals surface area contributed by atoms with Crippen LogP contribution in [-0.4, -0.2) is 56.6 Å². The first kappa shape index (κ1) is 34.8. The van der Waals surface area contributed by atoms with Crippen LogP contribution in [0.2, 0.25) is 0 Å². The van der Waals surface area contributed by atoms with E-state index in [1.807, 2.05) is 6.92 Å². The van der Waals surface area contributed by atoms with Crippen LogP contribution in [0.15, 0.2) is 71.6 Å². The summed E-state index contributed by atoms with van der Waals surface area (Å²) in [6.07, 6.45) is -12.2. The fourth-order valence-electron chi connectivity index (χ4n) is 7.86. The molecule has 0 spiro atoms. The van der Waals surface area contributed by atoms with E-state index in [1.54, 1.807) is 24.3 Å². The number of nitrogens with one attached hydrogen (secondary N) is 1. The van der Waals surface area contributed by atoms with Crippen molar-refractivity contribution in [3.8, 4) is 0 Å². The molecule has 1 N–H and O–H groups in total. The Morgan fingerprint density at radius 1 is 0.939 bits per heavy atom. The Hall–Kier alpha value is -4.01. The van der Waals surface area contributed by atoms with Crippen LogP contribution in [0.25, 0.3) is 0 Å². The minimum absolute atomic E-state index is 0.138. The highest BCUT2D eigenvalue weighted by atomic mass is 32.2. The molecule has 0 radical (unpaired) electrons. The van der Waals surface area contributed by atoms with E-state index >= 15 is 4.39 Å². The molecule has 1 fully saturated rings. The van der Waals surface area contributed by atoms with Gasteiger partial charge in [-0.1, -0.05) is 56.2 Å². The first-order valence-corrected chi connectivity index (χ1v) is 17.0. The summed E-state index contributed by atoms with van der Waals surface area (Å²) in [6, 6.07) is 10.3. The number of fused-ring (bicyclic) bond motifs is 4. The number of benzene rings is 3. The van der Waals surface area contributed by atoms with Gasteiger partial charge in [0.15, 0.2) is 9.84 Å². The lowest BCUT2D eigenvalue weighted by Crippen LogP contribution is -2.58. The minimum Gasteiger partial charge on any atom is -0.351 e. The lowest BCUT2D eigenvalue weighted by atomic mass is 9.71. The Morgan fingerprint density at radius 3 is 2.22 bits per heavy atom. The first-order chi connectivity index (χ1) is 22.9. The second-order valence-corrected chi connectivity index (χ2v) is 15.0. The SMILES string of the molecule is CCCC[C@]1(C(=O)N2CCC3(S(=O)(=O)c4ccc(F)cc4)c4ccc(C(F)(C(F)(F)F)C(F)(F)F)cc4CC23)CNC(=O)c2ccccc21. The number of amides is 2. The van der Waals surface area contributed by atoms with Gasteiger partial charge in [0.2, 0.25) is 5.91 Å². The molecule has 6 rings (SSSR count). The summed E-state index contributed by atoms with van der Waals surface area (Å²) in [4.78, 5) is 28.6. The fraction of sp³-hybridized carbons (Fsp3) is 0.412. The molecule has 49 heavy (non-hydrogen) atoms. The van der Waals surface area contributed by atoms with Gasteiger partial charge in [0.25, 0.3) is 5.91 Å². The van der Waals surface area contributed by atoms with Crippen LogP contribution in [0.5, 0.6) is 0 Å². The van der Waals surface area contributed by atoms with Crippen LogP contribution in [-0.2, 0) is 36.9 Å². The number of halogens is 8. The topological polar surface area (TPSA) is 83.6 Å². The molecular weight excluding hydrogens is 684 g/mol. The number of hydrogen-bond acceptors (Lipinski definition) is 4. The lowest BCUT2D eigenvalue weighted by molar-refractivity contribution is -0.348. The molecule has 3 aromatic rings. The predicted octanol–water partition coefficient (Wildman–Crippen LogP) is 6.81. The van der Waals surface area contributed by atoms with Gasteiger partial charge < -0.3 is 10.2 Å². The zero-order valence-electron chi connectivity index (χ0n) is 25.9. The number of alkyl halides is 7. The third kappa shape index (κ3) is 4.89. The van der Waals surface area contributed by atoms with Gasteiger partial charge in [-0.25, -0.2) is 17.2 Å². The van der Waals surface area contributed by atoms with Crippen molar-refractivity contribution in [2.45, 2.75) is 78.1 Å². The molecule has 2 heterocycles. The van der Waals surface area contributed by atoms with Crippen molar-refractivity contribution in [1.29, 1.82) is 0 Å². The second kappa shape index (κ2) is 11.5. The number of sulfone groups is 1. The summed E-state index contributed by atoms with van der Waals surface area (Å²) in [5, 5.41) is 2.75. The Morgan fingerprint density at radius 2 is 1.59 bits per heavy atom. The minimum atomic E-state index is -6.40. The molecule has 3 atom stereocenters. The number of nitrogens with zero attached hydrogens (tertiary/aromatic N) is 1. The summed E-state index contributed by atoms with van der Waals surface area (Å²) in [6.45, 7) is 1.58. The Bertz CT molecular complexity index is 1920. The van der Waals surface area contributed by atoms with Gasteiger partial charge in [0.05, 0.1) is 16.4 Å². The molecule has 2 unspecified atom stereocenters. The standard InChI is InChI=1S/C34H30F8N2O4S/c1-2-3-14-30(19-43-28(45)24-6-4-5-7-26(24)30)29(46)44-16-15-31(49(47,48)23-11-9-22(35)10-12-23)25-13-8-21(17-20(25)18-27(31)44)32(36,33(37,38)39)34(40,41)42/h4-13,17,27H,2-3,14-16,18-19H2,1H3,(H,43,45)/t27?,30-,31?/m0/s1. The maximum absolute atomic E-state index is 15.2. The highest BCUT2D eigenvalue weighted by molar-refractivity contribution is 7.92. The smallest absolute Gasteiger partial charge is 0.351 e. The maximum atomic E-state index is 15.2. The number of hydrogen-bond donors (Lipinski definition) is 1. The normalized spacial score (nSPS) is 23.9. The van der Waals surface area contributed by atoms with E-state index in [2.05, 4.69) is 5.32 Å². The van der Waals surface area contributed by atoms with Crippen molar-refractivity contribution in [3.05, 3.63) is 100 Å². The third-order valence-corrected chi connectivity index (χ3v) is 12.8. The summed E-state index contributed by atoms with van der Waals surface area (Å²) < 4.78 is 139. The van der Waals surface area contributed by atoms with Crippen LogP contribution in [0.4, 0.5) is 35.1 Å². The van der Waals surface area contributed by atoms with Crippen molar-refractivity contribution in [2.24, 2.45) is 0 Å². The van der Waals surface area contributed by atoms with Gasteiger partial charge in [-0.15, -0.1) is 0 Å². The summed E-state index contributed by atoms with van der Waals surface area (Å²) >= 11 is 0. The molecule has 1 aliphatic carbocycles. The largest absolute Gasteiger partial charge is 0.435 e. The molecule has 2 aliphatic heterocycles. The van der Waals surface area contributed by atoms with Gasteiger partial charge >= 0.3 is 18.0 Å². The van der Waals surface area contributed by atoms with E-state index in [4.69, 9.17) is 0 Å². The number of likely N-dealkylation sites (tertiary alicyclic amines) is 1. The molecule has 0 saturated carbocycles. The molecule has 6 nitrogen and oxygen atoms in total. The van der Waals surface area contributed by atoms with Gasteiger partial charge in [-0.05, 0) is 66.3 Å². The molecule has 0 bridgehead atoms. The summed E-state index contributed by atoms with van der Waals surface area (Å²) in [5.41, 5.74) is -8.75. The van der Waals surface area contributed by atoms with E-state index in [0.29, 0.717) is 24.5 Å². The van der Waals surface area contributed by atoms with Gasteiger partial charge in [0, 0.05) is 24.2 Å². The van der Waals surface area contributed by atoms with E-state index in [9.17, 15) is 48.7 Å². The zero-order chi connectivity index (χ0) is 35.8. The summed E-state index contributed by atoms with van der Waals surface area (Å²) in [7, 11) is -4.64. The average molecular weight is 715 g/mol. The number of rotatable bonds is 7. The van der Waals surface area contributed by atoms with Crippen molar-refractivity contribution >= 4 is 21.7 Å². The maximum Gasteiger partial charge on any atom is 0.435 e. The highest BCUT2D eigenvalue weighted by Gasteiger charge is 2.74. The summed E-state index contributed by atoms with van der Waals surface area (Å²) in [5.74, 6) is -1.76. The third-order valence-electron chi connectivity index (χ3n) is 10.3. The van der Waals surface area contributed by atoms with Crippen LogP contribution in [0, 0.1) is 5.82 Å². The van der Waals surface area contributed by atoms with Crippen LogP contribution in [0.1, 0.15) is 65.2 Å². The van der Waals surface area contributed by atoms with Gasteiger partial charge in [-0.3, -0.25) is 9.59 Å². The van der Waals surface area contributed by atoms with E-state index in [0.717, 1.165) is 30.3 Å². The van der Waals surface area contributed by atoms with Gasteiger partial charge in [0.1, 0.15) is 10.6 Å². The number of carbonyl (C=O) groups excluding carboxylic acids is 2. The predicted molar refractivity (Wildman–Crippen MR) is 160 cm³/mol. The molecule has 1 saturated heterocycles. The average Bonchev–Trinajstić information content (AvgIpc) is 3.59. The zero-order valence-corrected chi connectivity index (χ0v) is 26.7. The van der Waals surface area contributed by atoms with Crippen LogP contribution >= 0.6 is 0 Å². The molecule has 0 aromatic heterocycles.